The van der Waals surface area contributed by atoms with E-state index in [1.165, 1.54) is 30.0 Å². The largest absolute Gasteiger partial charge is 0.371 e. The van der Waals surface area contributed by atoms with E-state index in [1.807, 2.05) is 0 Å². The Morgan fingerprint density at radius 1 is 1.53 bits per heavy atom. The van der Waals surface area contributed by atoms with Gasteiger partial charge in [-0.2, -0.15) is 0 Å². The second-order valence-corrected chi connectivity index (χ2v) is 5.03. The van der Waals surface area contributed by atoms with Crippen LogP contribution in [-0.4, -0.2) is 11.6 Å². The third kappa shape index (κ3) is 2.79. The van der Waals surface area contributed by atoms with Crippen molar-refractivity contribution in [2.45, 2.75) is 45.6 Å². The fourth-order valence-corrected chi connectivity index (χ4v) is 2.80. The van der Waals surface area contributed by atoms with Gasteiger partial charge in [-0.3, -0.25) is 0 Å². The van der Waals surface area contributed by atoms with Gasteiger partial charge in [-0.1, -0.05) is 13.3 Å². The number of thiazole rings is 1. The highest BCUT2D eigenvalue weighted by Crippen LogP contribution is 2.44. The number of hydrogen-bond donors (Lipinski definition) is 0. The van der Waals surface area contributed by atoms with Gasteiger partial charge in [-0.05, 0) is 32.1 Å². The Morgan fingerprint density at radius 3 is 2.93 bits per heavy atom. The Hall–Kier alpha value is -0.410. The van der Waals surface area contributed by atoms with Gasteiger partial charge in [0.05, 0.1) is 5.69 Å². The van der Waals surface area contributed by atoms with Gasteiger partial charge in [-0.15, -0.1) is 11.3 Å². The van der Waals surface area contributed by atoms with Crippen LogP contribution in [0.3, 0.4) is 0 Å². The Bertz CT molecular complexity index is 306. The molecule has 2 rings (SSSR count). The van der Waals surface area contributed by atoms with E-state index in [0.29, 0.717) is 0 Å². The number of nitrogens with zero attached hydrogens (tertiary/aromatic N) is 1. The van der Waals surface area contributed by atoms with Crippen LogP contribution in [0.2, 0.25) is 0 Å². The smallest absolute Gasteiger partial charge is 0.122 e. The van der Waals surface area contributed by atoms with E-state index in [9.17, 15) is 0 Å². The summed E-state index contributed by atoms with van der Waals surface area (Å²) in [6.45, 7) is 5.06. The highest BCUT2D eigenvalue weighted by Gasteiger charge is 2.34. The first kappa shape index (κ1) is 11.1. The van der Waals surface area contributed by atoms with Gasteiger partial charge >= 0.3 is 0 Å². The first-order chi connectivity index (χ1) is 7.35. The lowest BCUT2D eigenvalue weighted by Crippen LogP contribution is -2.06. The molecule has 1 fully saturated rings. The second-order valence-electron chi connectivity index (χ2n) is 4.14. The van der Waals surface area contributed by atoms with E-state index in [0.717, 1.165) is 18.9 Å². The standard InChI is InChI=1S/C12H19NOS/c1-3-5-10-8-15-12(13-10)11(14-4-2)9-6-7-9/h8-9,11H,3-7H2,1-2H3. The van der Waals surface area contributed by atoms with Crippen LogP contribution in [0.4, 0.5) is 0 Å². The molecule has 1 aliphatic rings. The van der Waals surface area contributed by atoms with Crippen molar-refractivity contribution < 1.29 is 4.74 Å². The summed E-state index contributed by atoms with van der Waals surface area (Å²) in [6.07, 6.45) is 5.18. The molecule has 0 N–H and O–H groups in total. The highest BCUT2D eigenvalue weighted by atomic mass is 32.1. The maximum atomic E-state index is 5.79. The molecular formula is C12H19NOS. The number of ether oxygens (including phenoxy) is 1. The summed E-state index contributed by atoms with van der Waals surface area (Å²) >= 11 is 1.77. The fourth-order valence-electron chi connectivity index (χ4n) is 1.81. The molecule has 1 unspecified atom stereocenters. The predicted molar refractivity (Wildman–Crippen MR) is 63.2 cm³/mol. The quantitative estimate of drug-likeness (QED) is 0.738. The zero-order valence-corrected chi connectivity index (χ0v) is 10.3. The lowest BCUT2D eigenvalue weighted by molar-refractivity contribution is 0.0461. The van der Waals surface area contributed by atoms with Gasteiger partial charge in [0.1, 0.15) is 11.1 Å². The van der Waals surface area contributed by atoms with Crippen LogP contribution in [0.15, 0.2) is 5.38 Å². The second kappa shape index (κ2) is 5.08. The first-order valence-electron chi connectivity index (χ1n) is 5.91. The maximum Gasteiger partial charge on any atom is 0.122 e. The number of hydrogen-bond acceptors (Lipinski definition) is 3. The van der Waals surface area contributed by atoms with Crippen LogP contribution in [-0.2, 0) is 11.2 Å². The summed E-state index contributed by atoms with van der Waals surface area (Å²) in [4.78, 5) is 4.67. The molecule has 2 nitrogen and oxygen atoms in total. The normalized spacial score (nSPS) is 18.0. The summed E-state index contributed by atoms with van der Waals surface area (Å²) in [5.41, 5.74) is 1.24. The lowest BCUT2D eigenvalue weighted by Gasteiger charge is -2.12. The summed E-state index contributed by atoms with van der Waals surface area (Å²) in [7, 11) is 0. The van der Waals surface area contributed by atoms with E-state index in [1.54, 1.807) is 11.3 Å². The number of rotatable bonds is 6. The van der Waals surface area contributed by atoms with Crippen LogP contribution < -0.4 is 0 Å². The minimum absolute atomic E-state index is 0.283. The van der Waals surface area contributed by atoms with Crippen LogP contribution in [0.5, 0.6) is 0 Å². The summed E-state index contributed by atoms with van der Waals surface area (Å²) < 4.78 is 5.79. The molecule has 15 heavy (non-hydrogen) atoms. The number of aryl methyl sites for hydroxylation is 1. The molecule has 0 aliphatic heterocycles. The van der Waals surface area contributed by atoms with Crippen molar-refractivity contribution in [2.75, 3.05) is 6.61 Å². The SMILES string of the molecule is CCCc1csc(C(OCC)C2CC2)n1. The maximum absolute atomic E-state index is 5.79. The monoisotopic (exact) mass is 225 g/mol. The molecule has 0 radical (unpaired) electrons. The zero-order valence-electron chi connectivity index (χ0n) is 9.53. The molecule has 1 atom stereocenters. The van der Waals surface area contributed by atoms with Crippen molar-refractivity contribution in [2.24, 2.45) is 5.92 Å². The lowest BCUT2D eigenvalue weighted by atomic mass is 10.2. The van der Waals surface area contributed by atoms with Gasteiger partial charge in [0, 0.05) is 12.0 Å². The minimum Gasteiger partial charge on any atom is -0.371 e. The highest BCUT2D eigenvalue weighted by molar-refractivity contribution is 7.09. The predicted octanol–water partition coefficient (Wildman–Crippen LogP) is 3.58. The molecule has 1 aromatic rings. The molecule has 0 amide bonds. The third-order valence-electron chi connectivity index (χ3n) is 2.72. The van der Waals surface area contributed by atoms with Gasteiger partial charge in [0.25, 0.3) is 0 Å². The van der Waals surface area contributed by atoms with E-state index in [-0.39, 0.29) is 6.10 Å². The van der Waals surface area contributed by atoms with E-state index in [4.69, 9.17) is 4.74 Å². The van der Waals surface area contributed by atoms with Gasteiger partial charge in [0.2, 0.25) is 0 Å². The van der Waals surface area contributed by atoms with Crippen LogP contribution in [0.1, 0.15) is 49.9 Å². The van der Waals surface area contributed by atoms with Crippen molar-refractivity contribution in [1.82, 2.24) is 4.98 Å². The molecule has 84 valence electrons. The van der Waals surface area contributed by atoms with E-state index < -0.39 is 0 Å². The van der Waals surface area contributed by atoms with Crippen LogP contribution in [0.25, 0.3) is 0 Å². The Kier molecular flexibility index (Phi) is 3.76. The first-order valence-corrected chi connectivity index (χ1v) is 6.79. The molecular weight excluding hydrogens is 206 g/mol. The molecule has 1 saturated carbocycles. The van der Waals surface area contributed by atoms with E-state index >= 15 is 0 Å². The molecule has 0 spiro atoms. The molecule has 1 aliphatic carbocycles. The Morgan fingerprint density at radius 2 is 2.33 bits per heavy atom. The topological polar surface area (TPSA) is 22.1 Å². The number of aromatic nitrogens is 1. The van der Waals surface area contributed by atoms with Gasteiger partial charge < -0.3 is 4.74 Å². The van der Waals surface area contributed by atoms with Crippen LogP contribution >= 0.6 is 11.3 Å². The summed E-state index contributed by atoms with van der Waals surface area (Å²) in [5, 5.41) is 3.38. The van der Waals surface area contributed by atoms with Crippen molar-refractivity contribution in [3.8, 4) is 0 Å². The average Bonchev–Trinajstić information content (AvgIpc) is 2.96. The molecule has 0 aromatic carbocycles. The minimum atomic E-state index is 0.283. The molecule has 0 bridgehead atoms. The molecule has 3 heteroatoms. The van der Waals surface area contributed by atoms with Crippen molar-refractivity contribution >= 4 is 11.3 Å². The van der Waals surface area contributed by atoms with Crippen molar-refractivity contribution in [3.63, 3.8) is 0 Å². The van der Waals surface area contributed by atoms with Crippen LogP contribution in [0, 0.1) is 5.92 Å². The van der Waals surface area contributed by atoms with Crippen molar-refractivity contribution in [3.05, 3.63) is 16.1 Å². The van der Waals surface area contributed by atoms with E-state index in [2.05, 4.69) is 24.2 Å². The zero-order chi connectivity index (χ0) is 10.7. The Labute approximate surface area is 95.7 Å². The van der Waals surface area contributed by atoms with Gasteiger partial charge in [-0.25, -0.2) is 4.98 Å². The molecule has 1 aromatic heterocycles. The average molecular weight is 225 g/mol. The summed E-state index contributed by atoms with van der Waals surface area (Å²) in [6, 6.07) is 0. The van der Waals surface area contributed by atoms with Gasteiger partial charge in [0.15, 0.2) is 0 Å². The van der Waals surface area contributed by atoms with Crippen molar-refractivity contribution in [1.29, 1.82) is 0 Å². The molecule has 1 heterocycles. The Balaban J connectivity index is 2.04. The summed E-state index contributed by atoms with van der Waals surface area (Å²) in [5.74, 6) is 0.741. The molecule has 0 saturated heterocycles. The fraction of sp³-hybridized carbons (Fsp3) is 0.750. The third-order valence-corrected chi connectivity index (χ3v) is 3.67.